The maximum absolute atomic E-state index is 3.77. The van der Waals surface area contributed by atoms with E-state index >= 15 is 0 Å². The van der Waals surface area contributed by atoms with E-state index in [-0.39, 0.29) is 0 Å². The summed E-state index contributed by atoms with van der Waals surface area (Å²) in [5.74, 6) is 0.755. The predicted molar refractivity (Wildman–Crippen MR) is 85.6 cm³/mol. The van der Waals surface area contributed by atoms with Gasteiger partial charge in [0.1, 0.15) is 0 Å². The summed E-state index contributed by atoms with van der Waals surface area (Å²) in [5.41, 5.74) is 0.460. The Balaban J connectivity index is 2.60. The molecule has 0 unspecified atom stereocenters. The number of nitrogens with zero attached hydrogens (tertiary/aromatic N) is 1. The van der Waals surface area contributed by atoms with E-state index in [0.29, 0.717) is 11.5 Å². The van der Waals surface area contributed by atoms with Crippen molar-refractivity contribution in [2.45, 2.75) is 79.3 Å². The molecule has 0 aromatic carbocycles. The molecule has 1 N–H and O–H groups in total. The molecule has 19 heavy (non-hydrogen) atoms. The summed E-state index contributed by atoms with van der Waals surface area (Å²) in [7, 11) is 0. The lowest BCUT2D eigenvalue weighted by atomic mass is 9.81. The van der Waals surface area contributed by atoms with Crippen molar-refractivity contribution in [1.29, 1.82) is 0 Å². The van der Waals surface area contributed by atoms with Crippen LogP contribution in [0.1, 0.15) is 67.2 Å². The zero-order chi connectivity index (χ0) is 14.5. The zero-order valence-corrected chi connectivity index (χ0v) is 14.1. The van der Waals surface area contributed by atoms with Crippen molar-refractivity contribution >= 4 is 0 Å². The molecule has 0 saturated heterocycles. The monoisotopic (exact) mass is 268 g/mol. The number of rotatable bonds is 10. The maximum Gasteiger partial charge on any atom is 0.00684 e. The molecule has 1 fully saturated rings. The molecule has 0 heterocycles. The minimum atomic E-state index is 0.460. The lowest BCUT2D eigenvalue weighted by Crippen LogP contribution is -2.47. The number of nitrogens with one attached hydrogen (secondary N) is 1. The van der Waals surface area contributed by atoms with Crippen LogP contribution >= 0.6 is 0 Å². The Kier molecular flexibility index (Phi) is 6.82. The van der Waals surface area contributed by atoms with Crippen molar-refractivity contribution in [3.8, 4) is 0 Å². The van der Waals surface area contributed by atoms with Crippen molar-refractivity contribution in [3.05, 3.63) is 0 Å². The molecule has 1 rings (SSSR count). The average molecular weight is 268 g/mol. The van der Waals surface area contributed by atoms with Crippen LogP contribution in [0.5, 0.6) is 0 Å². The van der Waals surface area contributed by atoms with Gasteiger partial charge in [0.2, 0.25) is 0 Å². The third kappa shape index (κ3) is 5.83. The topological polar surface area (TPSA) is 15.3 Å². The van der Waals surface area contributed by atoms with E-state index in [2.05, 4.69) is 51.8 Å². The van der Waals surface area contributed by atoms with Crippen molar-refractivity contribution in [2.24, 2.45) is 11.3 Å². The van der Waals surface area contributed by atoms with Crippen LogP contribution in [0.15, 0.2) is 0 Å². The van der Waals surface area contributed by atoms with Gasteiger partial charge in [0, 0.05) is 31.7 Å². The van der Waals surface area contributed by atoms with Gasteiger partial charge in [-0.3, -0.25) is 0 Å². The van der Waals surface area contributed by atoms with E-state index in [9.17, 15) is 0 Å². The largest absolute Gasteiger partial charge is 0.313 e. The van der Waals surface area contributed by atoms with Gasteiger partial charge in [0.15, 0.2) is 0 Å². The molecule has 0 aromatic heterocycles. The van der Waals surface area contributed by atoms with Crippen LogP contribution in [0.2, 0.25) is 0 Å². The molecular weight excluding hydrogens is 232 g/mol. The second kappa shape index (κ2) is 7.64. The fourth-order valence-corrected chi connectivity index (χ4v) is 2.79. The van der Waals surface area contributed by atoms with Gasteiger partial charge in [0.05, 0.1) is 0 Å². The summed E-state index contributed by atoms with van der Waals surface area (Å²) in [5, 5.41) is 3.77. The van der Waals surface area contributed by atoms with Crippen molar-refractivity contribution in [1.82, 2.24) is 10.2 Å². The van der Waals surface area contributed by atoms with E-state index < -0.39 is 0 Å². The standard InChI is InChI=1S/C17H36N2/c1-7-17(8-2,12-18-16-9-10-16)13-19(15(5)6)11-14(3)4/h14-16,18H,7-13H2,1-6H3. The second-order valence-electron chi connectivity index (χ2n) is 7.28. The molecule has 2 heteroatoms. The quantitative estimate of drug-likeness (QED) is 0.646. The molecule has 1 aliphatic rings. The summed E-state index contributed by atoms with van der Waals surface area (Å²) < 4.78 is 0. The Bertz CT molecular complexity index is 240. The first kappa shape index (κ1) is 17.0. The average Bonchev–Trinajstić information content (AvgIpc) is 3.16. The van der Waals surface area contributed by atoms with E-state index in [4.69, 9.17) is 0 Å². The van der Waals surface area contributed by atoms with Crippen LogP contribution in [-0.4, -0.2) is 36.6 Å². The third-order valence-electron chi connectivity index (χ3n) is 4.71. The maximum atomic E-state index is 3.77. The summed E-state index contributed by atoms with van der Waals surface area (Å²) in [4.78, 5) is 2.69. The van der Waals surface area contributed by atoms with Crippen LogP contribution in [0.4, 0.5) is 0 Å². The fraction of sp³-hybridized carbons (Fsp3) is 1.00. The van der Waals surface area contributed by atoms with Gasteiger partial charge in [0.25, 0.3) is 0 Å². The number of hydrogen-bond acceptors (Lipinski definition) is 2. The van der Waals surface area contributed by atoms with E-state index in [0.717, 1.165) is 12.0 Å². The molecule has 0 atom stereocenters. The minimum absolute atomic E-state index is 0.460. The molecular formula is C17H36N2. The Morgan fingerprint density at radius 2 is 1.68 bits per heavy atom. The highest BCUT2D eigenvalue weighted by atomic mass is 15.2. The summed E-state index contributed by atoms with van der Waals surface area (Å²) in [6.07, 6.45) is 5.35. The molecule has 0 radical (unpaired) electrons. The van der Waals surface area contributed by atoms with Gasteiger partial charge < -0.3 is 10.2 Å². The lowest BCUT2D eigenvalue weighted by Gasteiger charge is -2.40. The Labute approximate surface area is 121 Å². The molecule has 0 amide bonds. The van der Waals surface area contributed by atoms with E-state index in [1.165, 1.54) is 45.3 Å². The molecule has 1 saturated carbocycles. The summed E-state index contributed by atoms with van der Waals surface area (Å²) >= 11 is 0. The van der Waals surface area contributed by atoms with E-state index in [1.54, 1.807) is 0 Å². The van der Waals surface area contributed by atoms with Gasteiger partial charge in [-0.15, -0.1) is 0 Å². The Morgan fingerprint density at radius 3 is 2.05 bits per heavy atom. The third-order valence-corrected chi connectivity index (χ3v) is 4.71. The molecule has 2 nitrogen and oxygen atoms in total. The highest BCUT2D eigenvalue weighted by molar-refractivity contribution is 4.89. The van der Waals surface area contributed by atoms with Crippen LogP contribution in [-0.2, 0) is 0 Å². The van der Waals surface area contributed by atoms with Crippen LogP contribution < -0.4 is 5.32 Å². The van der Waals surface area contributed by atoms with Crippen LogP contribution in [0.25, 0.3) is 0 Å². The van der Waals surface area contributed by atoms with Gasteiger partial charge >= 0.3 is 0 Å². The molecule has 0 aliphatic heterocycles. The smallest absolute Gasteiger partial charge is 0.00684 e. The zero-order valence-electron chi connectivity index (χ0n) is 14.1. The molecule has 0 bridgehead atoms. The first-order valence-corrected chi connectivity index (χ1v) is 8.40. The second-order valence-corrected chi connectivity index (χ2v) is 7.28. The molecule has 114 valence electrons. The van der Waals surface area contributed by atoms with Crippen molar-refractivity contribution < 1.29 is 0 Å². The highest BCUT2D eigenvalue weighted by Crippen LogP contribution is 2.30. The van der Waals surface area contributed by atoms with Crippen molar-refractivity contribution in [2.75, 3.05) is 19.6 Å². The molecule has 1 aliphatic carbocycles. The summed E-state index contributed by atoms with van der Waals surface area (Å²) in [6.45, 7) is 17.7. The highest BCUT2D eigenvalue weighted by Gasteiger charge is 2.32. The van der Waals surface area contributed by atoms with Gasteiger partial charge in [-0.05, 0) is 50.9 Å². The predicted octanol–water partition coefficient (Wildman–Crippen LogP) is 3.91. The lowest BCUT2D eigenvalue weighted by molar-refractivity contribution is 0.0986. The van der Waals surface area contributed by atoms with Crippen LogP contribution in [0.3, 0.4) is 0 Å². The Morgan fingerprint density at radius 1 is 1.11 bits per heavy atom. The number of hydrogen-bond donors (Lipinski definition) is 1. The van der Waals surface area contributed by atoms with Gasteiger partial charge in [-0.2, -0.15) is 0 Å². The van der Waals surface area contributed by atoms with Gasteiger partial charge in [-0.1, -0.05) is 27.7 Å². The van der Waals surface area contributed by atoms with Crippen LogP contribution in [0, 0.1) is 11.3 Å². The normalized spacial score (nSPS) is 16.9. The summed E-state index contributed by atoms with van der Waals surface area (Å²) in [6, 6.07) is 1.48. The molecule has 0 aromatic rings. The SMILES string of the molecule is CCC(CC)(CNC1CC1)CN(CC(C)C)C(C)C. The van der Waals surface area contributed by atoms with Gasteiger partial charge in [-0.25, -0.2) is 0 Å². The molecule has 0 spiro atoms. The fourth-order valence-electron chi connectivity index (χ4n) is 2.79. The Hall–Kier alpha value is -0.0800. The first-order chi connectivity index (χ1) is 8.92. The first-order valence-electron chi connectivity index (χ1n) is 8.40. The van der Waals surface area contributed by atoms with Crippen molar-refractivity contribution in [3.63, 3.8) is 0 Å². The minimum Gasteiger partial charge on any atom is -0.313 e. The van der Waals surface area contributed by atoms with E-state index in [1.807, 2.05) is 0 Å².